The average Bonchev–Trinajstić information content (AvgIpc) is 1.12. The molecule has 0 aliphatic rings. The molecule has 0 aromatic carbocycles. The number of phosphoric acid groups is 2. The van der Waals surface area contributed by atoms with E-state index in [-0.39, 0.29) is 123 Å². The molecule has 0 rings (SSSR count). The summed E-state index contributed by atoms with van der Waals surface area (Å²) in [5, 5.41) is 0. The molecule has 0 radical (unpaired) electrons. The van der Waals surface area contributed by atoms with Crippen LogP contribution in [0.1, 0.15) is 0 Å². The Morgan fingerprint density at radius 3 is 0.500 bits per heavy atom. The van der Waals surface area contributed by atoms with E-state index in [9.17, 15) is 0 Å². The average molecular weight is 414 g/mol. The van der Waals surface area contributed by atoms with Crippen LogP contribution in [0.15, 0.2) is 0 Å². The summed E-state index contributed by atoms with van der Waals surface area (Å²) in [4.78, 5) is 51.3. The van der Waals surface area contributed by atoms with Gasteiger partial charge >= 0.3 is 89.8 Å². The van der Waals surface area contributed by atoms with Crippen LogP contribution in [0.5, 0.6) is 0 Å². The molecule has 0 saturated carbocycles. The third-order valence-corrected chi connectivity index (χ3v) is 0. The molecule has 0 amide bonds. The van der Waals surface area contributed by atoms with Crippen LogP contribution in [0.25, 0.3) is 0 Å². The molecule has 0 aliphatic heterocycles. The van der Waals surface area contributed by atoms with Crippen LogP contribution >= 0.6 is 15.6 Å². The number of rotatable bonds is 0. The van der Waals surface area contributed by atoms with E-state index < -0.39 is 15.6 Å². The van der Waals surface area contributed by atoms with Crippen molar-refractivity contribution in [3.8, 4) is 0 Å². The van der Waals surface area contributed by atoms with E-state index in [0.717, 1.165) is 0 Å². The fourth-order valence-electron chi connectivity index (χ4n) is 0. The van der Waals surface area contributed by atoms with Gasteiger partial charge in [0.1, 0.15) is 0 Å². The Morgan fingerprint density at radius 1 is 0.500 bits per heavy atom. The van der Waals surface area contributed by atoms with Crippen molar-refractivity contribution in [2.75, 3.05) is 0 Å². The van der Waals surface area contributed by atoms with Crippen LogP contribution in [0.4, 0.5) is 0 Å². The van der Waals surface area contributed by atoms with Crippen LogP contribution in [-0.4, -0.2) is 123 Å². The molecule has 7 N–H and O–H groups in total. The van der Waals surface area contributed by atoms with E-state index in [1.54, 1.807) is 0 Å². The fourth-order valence-corrected chi connectivity index (χ4v) is 0. The fraction of sp³-hybridized carbons (Fsp3) is 0. The Kier molecular flexibility index (Phi) is 200. The van der Waals surface area contributed by atoms with Gasteiger partial charge < -0.3 is 71.3 Å². The van der Waals surface area contributed by atoms with E-state index in [4.69, 9.17) is 38.5 Å². The Hall–Kier alpha value is 2.84. The summed E-state index contributed by atoms with van der Waals surface area (Å²) in [5.41, 5.74) is 0. The first-order chi connectivity index (χ1) is 4.00. The molecule has 0 aliphatic carbocycles. The van der Waals surface area contributed by atoms with Crippen molar-refractivity contribution in [3.05, 3.63) is 0 Å². The summed E-state index contributed by atoms with van der Waals surface area (Å²) in [7, 11) is -10.8. The zero-order valence-electron chi connectivity index (χ0n) is 9.34. The van der Waals surface area contributed by atoms with Gasteiger partial charge in [0.15, 0.2) is 0 Å². The van der Waals surface area contributed by atoms with Gasteiger partial charge in [0.05, 0.1) is 0 Å². The Morgan fingerprint density at radius 2 is 0.500 bits per heavy atom. The predicted molar refractivity (Wildman–Crippen MR) is 51.5 cm³/mol. The number of hydrogen-bond acceptors (Lipinski definition) is 13. The monoisotopic (exact) mass is 414 g/mol. The Balaban J connectivity index is -0.00000000427. The normalized spacial score (nSPS) is 5.90. The molecule has 112 valence electrons. The van der Waals surface area contributed by atoms with Crippen LogP contribution in [0, 0.1) is 0 Å². The van der Waals surface area contributed by atoms with Gasteiger partial charge in [-0.1, -0.05) is 0 Å². The summed E-state index contributed by atoms with van der Waals surface area (Å²) >= 11 is 0. The maximum Gasteiger partial charge on any atom is 3.00 e. The molecular formula is H7Al3CaO14P2. The van der Waals surface area contributed by atoms with Crippen LogP contribution in [-0.2, 0) is 9.13 Å². The first-order valence-corrected chi connectivity index (χ1v) is 4.38. The first kappa shape index (κ1) is 92.7. The Bertz CT molecular complexity index is 139. The van der Waals surface area contributed by atoms with Gasteiger partial charge in [-0.25, -0.2) is 0 Å². The van der Waals surface area contributed by atoms with E-state index >= 15 is 0 Å². The van der Waals surface area contributed by atoms with Gasteiger partial charge in [0.2, 0.25) is 0 Å². The van der Waals surface area contributed by atoms with Crippen molar-refractivity contribution in [2.45, 2.75) is 0 Å². The quantitative estimate of drug-likeness (QED) is 0.262. The van der Waals surface area contributed by atoms with Gasteiger partial charge in [0.25, 0.3) is 0 Å². The van der Waals surface area contributed by atoms with E-state index in [2.05, 4.69) is 0 Å². The molecule has 0 heterocycles. The molecule has 0 fully saturated rings. The first-order valence-electron chi connectivity index (χ1n) is 1.46. The van der Waals surface area contributed by atoms with E-state index in [1.165, 1.54) is 0 Å². The minimum Gasteiger partial charge on any atom is -0.870 e. The summed E-state index contributed by atoms with van der Waals surface area (Å²) in [6.07, 6.45) is 0. The van der Waals surface area contributed by atoms with Crippen molar-refractivity contribution in [1.82, 2.24) is 0 Å². The largest absolute Gasteiger partial charge is 3.00 e. The minimum absolute atomic E-state index is 0. The van der Waals surface area contributed by atoms with Crippen LogP contribution in [0.2, 0.25) is 0 Å². The van der Waals surface area contributed by atoms with Crippen LogP contribution < -0.4 is 29.4 Å². The molecule has 0 bridgehead atoms. The van der Waals surface area contributed by atoms with Gasteiger partial charge in [-0.3, -0.25) is 0 Å². The van der Waals surface area contributed by atoms with Crippen LogP contribution in [0.3, 0.4) is 0 Å². The standard InChI is InChI=1S/3Al.Ca.2H3O4P.6H2O/c;;;;2*1-5(2,3)4;;;;;;/h;;;;2*(H3,1,2,3,4);6*1H2/q3*+3;+2;;;;;;;;/p-11. The van der Waals surface area contributed by atoms with Gasteiger partial charge in [-0.05, 0) is 0 Å². The van der Waals surface area contributed by atoms with E-state index in [1.807, 2.05) is 0 Å². The van der Waals surface area contributed by atoms with E-state index in [0.29, 0.717) is 0 Å². The molecule has 0 saturated heterocycles. The zero-order chi connectivity index (χ0) is 9.00. The molecule has 14 nitrogen and oxygen atoms in total. The van der Waals surface area contributed by atoms with Crippen molar-refractivity contribution in [1.29, 1.82) is 0 Å². The SMILES string of the molecule is O.O=P([O-])([O-])[O-].O=P([O-])([O-])[O-].[Al+3].[Al+3].[Al+3].[Ca+2].[OH-].[OH-].[OH-].[OH-].[OH-]. The smallest absolute Gasteiger partial charge is 0.870 e. The number of hydrogen-bond donors (Lipinski definition) is 0. The maximum atomic E-state index is 8.55. The zero-order valence-corrected chi connectivity index (χ0v) is 16.8. The molecule has 0 unspecified atom stereocenters. The van der Waals surface area contributed by atoms with Crippen molar-refractivity contribution < 1.29 is 71.3 Å². The molecular weight excluding hydrogens is 407 g/mol. The molecule has 0 spiro atoms. The molecule has 20 heteroatoms. The molecule has 0 atom stereocenters. The molecule has 0 aromatic heterocycles. The molecule has 20 heavy (non-hydrogen) atoms. The minimum atomic E-state index is -5.39. The second kappa shape index (κ2) is 43.1. The van der Waals surface area contributed by atoms with Crippen molar-refractivity contribution in [3.63, 3.8) is 0 Å². The van der Waals surface area contributed by atoms with Gasteiger partial charge in [-0.15, -0.1) is 0 Å². The van der Waals surface area contributed by atoms with Gasteiger partial charge in [0, 0.05) is 0 Å². The summed E-state index contributed by atoms with van der Waals surface area (Å²) in [6.45, 7) is 0. The molecule has 0 aromatic rings. The maximum absolute atomic E-state index is 8.55. The van der Waals surface area contributed by atoms with Crippen molar-refractivity contribution in [2.24, 2.45) is 0 Å². The second-order valence-corrected chi connectivity index (χ2v) is 2.68. The third kappa shape index (κ3) is 1020. The third-order valence-electron chi connectivity index (χ3n) is 0. The van der Waals surface area contributed by atoms with Gasteiger partial charge in [-0.2, -0.15) is 15.6 Å². The Labute approximate surface area is 175 Å². The summed E-state index contributed by atoms with van der Waals surface area (Å²) in [5.74, 6) is 0. The summed E-state index contributed by atoms with van der Waals surface area (Å²) < 4.78 is 17.1. The van der Waals surface area contributed by atoms with Crippen molar-refractivity contribution >= 4 is 105 Å². The second-order valence-electron chi connectivity index (χ2n) is 0.894. The summed E-state index contributed by atoms with van der Waals surface area (Å²) in [6, 6.07) is 0. The topological polar surface area (TPSA) is 354 Å². The predicted octanol–water partition coefficient (Wildman–Crippen LogP) is -8.88.